The first-order valence-electron chi connectivity index (χ1n) is 3.77. The van der Waals surface area contributed by atoms with Crippen molar-refractivity contribution >= 4 is 0 Å². The molecule has 2 aromatic rings. The van der Waals surface area contributed by atoms with Gasteiger partial charge in [0.1, 0.15) is 5.75 Å². The molecule has 13 heavy (non-hydrogen) atoms. The Kier molecular flexibility index (Phi) is 1.91. The zero-order valence-corrected chi connectivity index (χ0v) is 7.08. The van der Waals surface area contributed by atoms with Gasteiger partial charge in [0.25, 0.3) is 0 Å². The number of tetrazole rings is 1. The predicted octanol–water partition coefficient (Wildman–Crippen LogP) is 0.671. The molecule has 66 valence electrons. The molecule has 0 aliphatic rings. The highest BCUT2D eigenvalue weighted by Crippen LogP contribution is 2.13. The van der Waals surface area contributed by atoms with Gasteiger partial charge in [0.2, 0.25) is 0 Å². The zero-order valence-electron chi connectivity index (χ0n) is 7.08. The molecule has 0 radical (unpaired) electrons. The van der Waals surface area contributed by atoms with Crippen LogP contribution in [0.25, 0.3) is 5.69 Å². The zero-order chi connectivity index (χ0) is 9.10. The van der Waals surface area contributed by atoms with Crippen molar-refractivity contribution in [2.24, 2.45) is 0 Å². The Hall–Kier alpha value is -1.91. The third kappa shape index (κ3) is 1.48. The Balaban J connectivity index is 2.41. The molecule has 0 bridgehead atoms. The second-order valence-corrected chi connectivity index (χ2v) is 2.43. The predicted molar refractivity (Wildman–Crippen MR) is 45.7 cm³/mol. The molecule has 0 atom stereocenters. The van der Waals surface area contributed by atoms with Crippen LogP contribution >= 0.6 is 0 Å². The Morgan fingerprint density at radius 3 is 3.00 bits per heavy atom. The van der Waals surface area contributed by atoms with Crippen LogP contribution in [0.15, 0.2) is 30.6 Å². The molecule has 0 unspecified atom stereocenters. The summed E-state index contributed by atoms with van der Waals surface area (Å²) in [6.07, 6.45) is 1.39. The largest absolute Gasteiger partial charge is 0.497 e. The maximum absolute atomic E-state index is 5.06. The Morgan fingerprint density at radius 2 is 2.31 bits per heavy atom. The van der Waals surface area contributed by atoms with Crippen LogP contribution in [0.4, 0.5) is 0 Å². The molecular formula is C8H8N4O. The lowest BCUT2D eigenvalue weighted by Crippen LogP contribution is -1.98. The minimum Gasteiger partial charge on any atom is -0.497 e. The second kappa shape index (κ2) is 3.22. The average molecular weight is 176 g/mol. The molecule has 0 aliphatic heterocycles. The molecule has 2 rings (SSSR count). The van der Waals surface area contributed by atoms with Gasteiger partial charge < -0.3 is 4.74 Å². The first-order valence-corrected chi connectivity index (χ1v) is 3.77. The van der Waals surface area contributed by atoms with E-state index in [1.165, 1.54) is 11.1 Å². The molecular weight excluding hydrogens is 168 g/mol. The molecule has 0 amide bonds. The standard InChI is InChI=1S/C8H8N4O/c1-13-8-4-2-3-7(5-8)12-10-6-9-11-12/h2-6H,1H3. The Morgan fingerprint density at radius 1 is 1.38 bits per heavy atom. The van der Waals surface area contributed by atoms with Crippen LogP contribution in [0.3, 0.4) is 0 Å². The summed E-state index contributed by atoms with van der Waals surface area (Å²) in [5.74, 6) is 0.773. The van der Waals surface area contributed by atoms with Crippen LogP contribution in [0.2, 0.25) is 0 Å². The summed E-state index contributed by atoms with van der Waals surface area (Å²) in [4.78, 5) is 1.43. The van der Waals surface area contributed by atoms with Crippen LogP contribution < -0.4 is 4.74 Å². The summed E-state index contributed by atoms with van der Waals surface area (Å²) in [6.45, 7) is 0. The summed E-state index contributed by atoms with van der Waals surface area (Å²) in [6, 6.07) is 7.45. The van der Waals surface area contributed by atoms with Gasteiger partial charge in [-0.2, -0.15) is 0 Å². The van der Waals surface area contributed by atoms with E-state index in [2.05, 4.69) is 15.4 Å². The quantitative estimate of drug-likeness (QED) is 0.674. The lowest BCUT2D eigenvalue weighted by molar-refractivity contribution is 0.414. The molecule has 0 N–H and O–H groups in total. The Labute approximate surface area is 75.0 Å². The van der Waals surface area contributed by atoms with Crippen LogP contribution in [-0.2, 0) is 0 Å². The second-order valence-electron chi connectivity index (χ2n) is 2.43. The lowest BCUT2D eigenvalue weighted by Gasteiger charge is -2.01. The highest BCUT2D eigenvalue weighted by molar-refractivity contribution is 5.37. The van der Waals surface area contributed by atoms with E-state index < -0.39 is 0 Å². The third-order valence-corrected chi connectivity index (χ3v) is 1.63. The fraction of sp³-hybridized carbons (Fsp3) is 0.125. The number of rotatable bonds is 2. The molecule has 1 aromatic carbocycles. The van der Waals surface area contributed by atoms with Gasteiger partial charge in [-0.25, -0.2) is 0 Å². The van der Waals surface area contributed by atoms with E-state index in [0.717, 1.165) is 11.4 Å². The van der Waals surface area contributed by atoms with E-state index >= 15 is 0 Å². The molecule has 5 heteroatoms. The van der Waals surface area contributed by atoms with Crippen LogP contribution in [-0.4, -0.2) is 27.3 Å². The van der Waals surface area contributed by atoms with E-state index in [4.69, 9.17) is 4.74 Å². The Bertz CT molecular complexity index is 385. The van der Waals surface area contributed by atoms with Crippen molar-refractivity contribution in [2.75, 3.05) is 7.11 Å². The average Bonchev–Trinajstić information content (AvgIpc) is 2.71. The summed E-state index contributed by atoms with van der Waals surface area (Å²) in [7, 11) is 1.62. The minimum atomic E-state index is 0.773. The van der Waals surface area contributed by atoms with E-state index in [9.17, 15) is 0 Å². The van der Waals surface area contributed by atoms with Crippen molar-refractivity contribution in [1.82, 2.24) is 20.2 Å². The van der Waals surface area contributed by atoms with Gasteiger partial charge in [-0.15, -0.1) is 15.0 Å². The molecule has 0 aliphatic carbocycles. The number of hydrogen-bond donors (Lipinski definition) is 0. The highest BCUT2D eigenvalue weighted by atomic mass is 16.5. The van der Waals surface area contributed by atoms with Crippen LogP contribution in [0, 0.1) is 0 Å². The first-order chi connectivity index (χ1) is 6.40. The monoisotopic (exact) mass is 176 g/mol. The summed E-state index contributed by atoms with van der Waals surface area (Å²) in [5, 5.41) is 11.3. The van der Waals surface area contributed by atoms with Crippen molar-refractivity contribution < 1.29 is 4.74 Å². The fourth-order valence-corrected chi connectivity index (χ4v) is 1.02. The van der Waals surface area contributed by atoms with Gasteiger partial charge in [0.15, 0.2) is 6.33 Å². The van der Waals surface area contributed by atoms with Crippen molar-refractivity contribution in [3.63, 3.8) is 0 Å². The molecule has 1 aromatic heterocycles. The number of hydrogen-bond acceptors (Lipinski definition) is 4. The van der Waals surface area contributed by atoms with Gasteiger partial charge in [-0.05, 0) is 17.3 Å². The van der Waals surface area contributed by atoms with E-state index in [1.807, 2.05) is 24.3 Å². The lowest BCUT2D eigenvalue weighted by atomic mass is 10.3. The molecule has 5 nitrogen and oxygen atoms in total. The number of aromatic nitrogens is 4. The molecule has 0 saturated heterocycles. The van der Waals surface area contributed by atoms with Gasteiger partial charge in [0.05, 0.1) is 12.8 Å². The smallest absolute Gasteiger partial charge is 0.162 e. The maximum atomic E-state index is 5.06. The van der Waals surface area contributed by atoms with Gasteiger partial charge in [0, 0.05) is 6.07 Å². The van der Waals surface area contributed by atoms with E-state index in [1.54, 1.807) is 7.11 Å². The van der Waals surface area contributed by atoms with Crippen molar-refractivity contribution in [2.45, 2.75) is 0 Å². The molecule has 0 spiro atoms. The number of ether oxygens (including phenoxy) is 1. The number of methoxy groups -OCH3 is 1. The molecule has 0 fully saturated rings. The van der Waals surface area contributed by atoms with Crippen molar-refractivity contribution in [1.29, 1.82) is 0 Å². The third-order valence-electron chi connectivity index (χ3n) is 1.63. The van der Waals surface area contributed by atoms with Gasteiger partial charge in [-0.3, -0.25) is 0 Å². The van der Waals surface area contributed by atoms with E-state index in [0.29, 0.717) is 0 Å². The van der Waals surface area contributed by atoms with Crippen molar-refractivity contribution in [3.8, 4) is 11.4 Å². The summed E-state index contributed by atoms with van der Waals surface area (Å²) < 4.78 is 5.06. The number of benzene rings is 1. The van der Waals surface area contributed by atoms with E-state index in [-0.39, 0.29) is 0 Å². The maximum Gasteiger partial charge on any atom is 0.162 e. The normalized spacial score (nSPS) is 9.92. The minimum absolute atomic E-state index is 0.773. The van der Waals surface area contributed by atoms with Crippen molar-refractivity contribution in [3.05, 3.63) is 30.6 Å². The van der Waals surface area contributed by atoms with Gasteiger partial charge >= 0.3 is 0 Å². The fourth-order valence-electron chi connectivity index (χ4n) is 1.02. The SMILES string of the molecule is COc1cccc(-n2ncnn2)c1. The first kappa shape index (κ1) is 7.72. The molecule has 0 saturated carbocycles. The molecule has 1 heterocycles. The summed E-state index contributed by atoms with van der Waals surface area (Å²) >= 11 is 0. The highest BCUT2D eigenvalue weighted by Gasteiger charge is 1.98. The van der Waals surface area contributed by atoms with Crippen LogP contribution in [0.1, 0.15) is 0 Å². The number of nitrogens with zero attached hydrogens (tertiary/aromatic N) is 4. The summed E-state index contributed by atoms with van der Waals surface area (Å²) in [5.41, 5.74) is 0.830. The van der Waals surface area contributed by atoms with Gasteiger partial charge in [-0.1, -0.05) is 6.07 Å². The topological polar surface area (TPSA) is 52.8 Å². The van der Waals surface area contributed by atoms with Crippen LogP contribution in [0.5, 0.6) is 5.75 Å².